The Morgan fingerprint density at radius 3 is 2.79 bits per heavy atom. The smallest absolute Gasteiger partial charge is 0.154 e. The zero-order valence-electron chi connectivity index (χ0n) is 16.1. The maximum Gasteiger partial charge on any atom is 0.154 e. The summed E-state index contributed by atoms with van der Waals surface area (Å²) in [6, 6.07) is 14.6. The highest BCUT2D eigenvalue weighted by Crippen LogP contribution is 2.39. The Kier molecular flexibility index (Phi) is 4.05. The lowest BCUT2D eigenvalue weighted by molar-refractivity contribution is 0.0986. The summed E-state index contributed by atoms with van der Waals surface area (Å²) >= 11 is 0. The fourth-order valence-electron chi connectivity index (χ4n) is 4.51. The van der Waals surface area contributed by atoms with Gasteiger partial charge in [-0.1, -0.05) is 30.3 Å². The van der Waals surface area contributed by atoms with Crippen LogP contribution in [-0.4, -0.2) is 36.6 Å². The number of aldehydes is 1. The quantitative estimate of drug-likeness (QED) is 0.688. The monoisotopic (exact) mass is 373 g/mol. The molecule has 28 heavy (non-hydrogen) atoms. The van der Waals surface area contributed by atoms with E-state index in [0.29, 0.717) is 18.2 Å². The Bertz CT molecular complexity index is 1080. The highest BCUT2D eigenvalue weighted by Gasteiger charge is 2.41. The molecule has 2 bridgehead atoms. The van der Waals surface area contributed by atoms with Crippen molar-refractivity contribution < 1.29 is 9.53 Å². The van der Waals surface area contributed by atoms with Crippen molar-refractivity contribution in [1.82, 2.24) is 4.98 Å². The van der Waals surface area contributed by atoms with Crippen LogP contribution in [0.3, 0.4) is 0 Å². The zero-order valence-corrected chi connectivity index (χ0v) is 16.1. The molecule has 2 unspecified atom stereocenters. The van der Waals surface area contributed by atoms with Gasteiger partial charge in [0.1, 0.15) is 11.6 Å². The number of ether oxygens (including phenoxy) is 1. The molecular formula is C23H23N3O2. The van der Waals surface area contributed by atoms with E-state index >= 15 is 0 Å². The SMILES string of the molecule is Cc1cccc(Nc2nc(N3CC4CC3CO4)c(C=O)c3c(C)cccc23)c1. The van der Waals surface area contributed by atoms with Crippen LogP contribution >= 0.6 is 0 Å². The van der Waals surface area contributed by atoms with E-state index < -0.39 is 0 Å². The molecule has 2 aliphatic rings. The molecule has 0 saturated carbocycles. The minimum atomic E-state index is 0.243. The van der Waals surface area contributed by atoms with E-state index in [1.165, 1.54) is 5.56 Å². The Hall–Kier alpha value is -2.92. The van der Waals surface area contributed by atoms with Crippen LogP contribution in [0.15, 0.2) is 42.5 Å². The number of nitrogens with one attached hydrogen (secondary N) is 1. The number of pyridine rings is 1. The number of anilines is 3. The molecule has 1 N–H and O–H groups in total. The van der Waals surface area contributed by atoms with Crippen molar-refractivity contribution in [3.8, 4) is 0 Å². The minimum Gasteiger partial charge on any atom is -0.374 e. The van der Waals surface area contributed by atoms with Crippen LogP contribution in [0.2, 0.25) is 0 Å². The van der Waals surface area contributed by atoms with Gasteiger partial charge in [0.2, 0.25) is 0 Å². The van der Waals surface area contributed by atoms with E-state index in [4.69, 9.17) is 9.72 Å². The van der Waals surface area contributed by atoms with Crippen molar-refractivity contribution in [3.63, 3.8) is 0 Å². The summed E-state index contributed by atoms with van der Waals surface area (Å²) in [4.78, 5) is 19.4. The third kappa shape index (κ3) is 2.74. The molecular weight excluding hydrogens is 350 g/mol. The molecule has 0 radical (unpaired) electrons. The van der Waals surface area contributed by atoms with Gasteiger partial charge in [-0.25, -0.2) is 4.98 Å². The van der Waals surface area contributed by atoms with Crippen molar-refractivity contribution in [2.45, 2.75) is 32.4 Å². The molecule has 2 aromatic carbocycles. The summed E-state index contributed by atoms with van der Waals surface area (Å²) in [6.07, 6.45) is 2.21. The Labute approximate surface area is 164 Å². The molecule has 2 fully saturated rings. The van der Waals surface area contributed by atoms with Gasteiger partial charge in [-0.05, 0) is 43.5 Å². The minimum absolute atomic E-state index is 0.243. The molecule has 5 nitrogen and oxygen atoms in total. The highest BCUT2D eigenvalue weighted by molar-refractivity contribution is 6.08. The van der Waals surface area contributed by atoms with Crippen LogP contribution in [0.5, 0.6) is 0 Å². The van der Waals surface area contributed by atoms with Crippen molar-refractivity contribution in [2.75, 3.05) is 23.4 Å². The number of carbonyl (C=O) groups is 1. The molecule has 0 amide bonds. The standard InChI is InChI=1S/C23H23N3O2/c1-14-5-3-7-16(9-14)24-22-19-8-4-6-15(2)21(19)20(12-27)23(25-22)26-11-18-10-17(26)13-28-18/h3-9,12,17-18H,10-11,13H2,1-2H3,(H,24,25). The summed E-state index contributed by atoms with van der Waals surface area (Å²) in [5, 5.41) is 5.43. The lowest BCUT2D eigenvalue weighted by Crippen LogP contribution is -2.38. The summed E-state index contributed by atoms with van der Waals surface area (Å²) in [6.45, 7) is 5.62. The lowest BCUT2D eigenvalue weighted by atomic mass is 10.0. The maximum absolute atomic E-state index is 12.2. The van der Waals surface area contributed by atoms with Crippen molar-refractivity contribution >= 4 is 34.4 Å². The van der Waals surface area contributed by atoms with Gasteiger partial charge in [-0.2, -0.15) is 0 Å². The molecule has 2 atom stereocenters. The number of fused-ring (bicyclic) bond motifs is 3. The van der Waals surface area contributed by atoms with Crippen molar-refractivity contribution in [1.29, 1.82) is 0 Å². The van der Waals surface area contributed by atoms with Gasteiger partial charge in [0.25, 0.3) is 0 Å². The number of benzene rings is 2. The summed E-state index contributed by atoms with van der Waals surface area (Å²) in [5.41, 5.74) is 3.93. The zero-order chi connectivity index (χ0) is 19.3. The molecule has 0 spiro atoms. The van der Waals surface area contributed by atoms with Gasteiger partial charge in [0, 0.05) is 23.0 Å². The van der Waals surface area contributed by atoms with Gasteiger partial charge in [0.05, 0.1) is 24.3 Å². The normalized spacial score (nSPS) is 20.7. The molecule has 5 heteroatoms. The fraction of sp³-hybridized carbons (Fsp3) is 0.304. The molecule has 1 aromatic heterocycles. The van der Waals surface area contributed by atoms with Gasteiger partial charge in [0.15, 0.2) is 6.29 Å². The van der Waals surface area contributed by atoms with Crippen LogP contribution in [0.25, 0.3) is 10.8 Å². The van der Waals surface area contributed by atoms with E-state index in [1.807, 2.05) is 24.3 Å². The molecule has 2 aliphatic heterocycles. The second kappa shape index (κ2) is 6.60. The van der Waals surface area contributed by atoms with Gasteiger partial charge < -0.3 is 15.0 Å². The van der Waals surface area contributed by atoms with Crippen LogP contribution in [0.1, 0.15) is 27.9 Å². The summed E-state index contributed by atoms with van der Waals surface area (Å²) in [5.74, 6) is 1.55. The summed E-state index contributed by atoms with van der Waals surface area (Å²) < 4.78 is 5.75. The number of carbonyl (C=O) groups excluding carboxylic acids is 1. The number of morpholine rings is 1. The number of hydrogen-bond donors (Lipinski definition) is 1. The predicted octanol–water partition coefficient (Wildman–Crippen LogP) is 4.39. The number of nitrogens with zero attached hydrogens (tertiary/aromatic N) is 2. The van der Waals surface area contributed by atoms with E-state index in [0.717, 1.165) is 52.9 Å². The Morgan fingerprint density at radius 1 is 1.21 bits per heavy atom. The molecule has 142 valence electrons. The number of hydrogen-bond acceptors (Lipinski definition) is 5. The first kappa shape index (κ1) is 17.2. The fourth-order valence-corrected chi connectivity index (χ4v) is 4.51. The third-order valence-corrected chi connectivity index (χ3v) is 5.83. The second-order valence-corrected chi connectivity index (χ2v) is 7.80. The average molecular weight is 373 g/mol. The number of rotatable bonds is 4. The van der Waals surface area contributed by atoms with Crippen molar-refractivity contribution in [3.05, 3.63) is 59.2 Å². The van der Waals surface area contributed by atoms with Gasteiger partial charge >= 0.3 is 0 Å². The van der Waals surface area contributed by atoms with Crippen LogP contribution in [-0.2, 0) is 4.74 Å². The molecule has 0 aliphatic carbocycles. The topological polar surface area (TPSA) is 54.5 Å². The Balaban J connectivity index is 1.71. The van der Waals surface area contributed by atoms with E-state index in [2.05, 4.69) is 42.3 Å². The molecule has 2 saturated heterocycles. The van der Waals surface area contributed by atoms with E-state index in [1.54, 1.807) is 0 Å². The Morgan fingerprint density at radius 2 is 2.07 bits per heavy atom. The van der Waals surface area contributed by atoms with E-state index in [9.17, 15) is 4.79 Å². The first-order valence-corrected chi connectivity index (χ1v) is 9.74. The second-order valence-electron chi connectivity index (χ2n) is 7.80. The van der Waals surface area contributed by atoms with Gasteiger partial charge in [-0.3, -0.25) is 4.79 Å². The van der Waals surface area contributed by atoms with Crippen LogP contribution < -0.4 is 10.2 Å². The van der Waals surface area contributed by atoms with Crippen molar-refractivity contribution in [2.24, 2.45) is 0 Å². The third-order valence-electron chi connectivity index (χ3n) is 5.83. The van der Waals surface area contributed by atoms with Gasteiger partial charge in [-0.15, -0.1) is 0 Å². The average Bonchev–Trinajstić information content (AvgIpc) is 3.32. The number of aryl methyl sites for hydroxylation is 2. The van der Waals surface area contributed by atoms with E-state index in [-0.39, 0.29) is 6.10 Å². The summed E-state index contributed by atoms with van der Waals surface area (Å²) in [7, 11) is 0. The lowest BCUT2D eigenvalue weighted by Gasteiger charge is -2.30. The predicted molar refractivity (Wildman–Crippen MR) is 112 cm³/mol. The van der Waals surface area contributed by atoms with Crippen LogP contribution in [0, 0.1) is 13.8 Å². The highest BCUT2D eigenvalue weighted by atomic mass is 16.5. The molecule has 3 heterocycles. The first-order valence-electron chi connectivity index (χ1n) is 9.74. The first-order chi connectivity index (χ1) is 13.6. The number of aromatic nitrogens is 1. The maximum atomic E-state index is 12.2. The van der Waals surface area contributed by atoms with Crippen LogP contribution in [0.4, 0.5) is 17.3 Å². The largest absolute Gasteiger partial charge is 0.374 e. The molecule has 3 aromatic rings. The molecule has 5 rings (SSSR count).